The number of anilines is 1. The van der Waals surface area contributed by atoms with Gasteiger partial charge >= 0.3 is 0 Å². The van der Waals surface area contributed by atoms with Crippen molar-refractivity contribution in [3.63, 3.8) is 0 Å². The van der Waals surface area contributed by atoms with Gasteiger partial charge in [-0.25, -0.2) is 15.0 Å². The van der Waals surface area contributed by atoms with Crippen molar-refractivity contribution in [1.29, 1.82) is 0 Å². The van der Waals surface area contributed by atoms with Gasteiger partial charge in [-0.3, -0.25) is 4.90 Å². The number of aliphatic hydroxyl groups excluding tert-OH is 1. The van der Waals surface area contributed by atoms with Crippen LogP contribution in [-0.4, -0.2) is 50.7 Å². The summed E-state index contributed by atoms with van der Waals surface area (Å²) in [5, 5.41) is 13.3. The Labute approximate surface area is 132 Å². The van der Waals surface area contributed by atoms with E-state index in [4.69, 9.17) is 5.73 Å². The summed E-state index contributed by atoms with van der Waals surface area (Å²) >= 11 is 1.61. The molecule has 0 unspecified atom stereocenters. The lowest BCUT2D eigenvalue weighted by molar-refractivity contribution is 0.166. The minimum Gasteiger partial charge on any atom is -0.391 e. The third-order valence-corrected chi connectivity index (χ3v) is 5.27. The summed E-state index contributed by atoms with van der Waals surface area (Å²) < 4.78 is 0. The second-order valence-electron chi connectivity index (χ2n) is 5.76. The molecule has 1 aliphatic carbocycles. The smallest absolute Gasteiger partial charge is 0.130 e. The van der Waals surface area contributed by atoms with Crippen molar-refractivity contribution in [2.75, 3.05) is 25.4 Å². The van der Waals surface area contributed by atoms with Crippen LogP contribution in [0.3, 0.4) is 0 Å². The molecule has 0 saturated carbocycles. The third-order valence-electron chi connectivity index (χ3n) is 4.36. The summed E-state index contributed by atoms with van der Waals surface area (Å²) in [6, 6.07) is 0. The number of thiazole rings is 1. The van der Waals surface area contributed by atoms with Gasteiger partial charge in [0.15, 0.2) is 0 Å². The molecule has 1 aliphatic heterocycles. The molecule has 2 aromatic rings. The fourth-order valence-electron chi connectivity index (χ4n) is 3.26. The van der Waals surface area contributed by atoms with Gasteiger partial charge in [-0.05, 0) is 12.0 Å². The standard InChI is InChI=1S/C15H17N5OS/c16-14-10-2-1-9(13(10)18-8-19-14)5-20-6-11(12(21)7-20)15-17-3-4-22-15/h1,3-4,8,11-12,21H,2,5-7H2,(H2,16,18,19)/t11-,12-/m0/s1. The first kappa shape index (κ1) is 13.8. The van der Waals surface area contributed by atoms with E-state index in [9.17, 15) is 5.11 Å². The van der Waals surface area contributed by atoms with Gasteiger partial charge in [0.05, 0.1) is 22.7 Å². The zero-order valence-corrected chi connectivity index (χ0v) is 12.8. The second-order valence-corrected chi connectivity index (χ2v) is 6.68. The van der Waals surface area contributed by atoms with Crippen LogP contribution >= 0.6 is 11.3 Å². The molecule has 3 N–H and O–H groups in total. The van der Waals surface area contributed by atoms with Gasteiger partial charge in [0.2, 0.25) is 0 Å². The first-order valence-corrected chi connectivity index (χ1v) is 8.19. The molecule has 0 aromatic carbocycles. The van der Waals surface area contributed by atoms with Crippen molar-refractivity contribution in [2.24, 2.45) is 0 Å². The summed E-state index contributed by atoms with van der Waals surface area (Å²) in [6.45, 7) is 2.27. The van der Waals surface area contributed by atoms with E-state index in [2.05, 4.69) is 25.9 Å². The van der Waals surface area contributed by atoms with E-state index in [1.807, 2.05) is 5.38 Å². The van der Waals surface area contributed by atoms with Gasteiger partial charge in [0.1, 0.15) is 12.1 Å². The molecule has 2 aliphatic rings. The average molecular weight is 315 g/mol. The SMILES string of the molecule is Nc1ncnc2c1CC=C2CN1C[C@H](c2nccs2)[C@@H](O)C1. The number of likely N-dealkylation sites (tertiary alicyclic amines) is 1. The first-order valence-electron chi connectivity index (χ1n) is 7.31. The van der Waals surface area contributed by atoms with Crippen LogP contribution in [0.2, 0.25) is 0 Å². The number of rotatable bonds is 3. The Bertz CT molecular complexity index is 715. The highest BCUT2D eigenvalue weighted by molar-refractivity contribution is 7.09. The Morgan fingerprint density at radius 2 is 2.23 bits per heavy atom. The van der Waals surface area contributed by atoms with E-state index in [-0.39, 0.29) is 12.0 Å². The highest BCUT2D eigenvalue weighted by Gasteiger charge is 2.35. The van der Waals surface area contributed by atoms with Gasteiger partial charge < -0.3 is 10.8 Å². The van der Waals surface area contributed by atoms with Crippen molar-refractivity contribution >= 4 is 22.7 Å². The zero-order valence-electron chi connectivity index (χ0n) is 12.0. The molecule has 114 valence electrons. The lowest BCUT2D eigenvalue weighted by atomic mass is 10.1. The van der Waals surface area contributed by atoms with Crippen LogP contribution in [0.4, 0.5) is 5.82 Å². The molecule has 0 bridgehead atoms. The summed E-state index contributed by atoms with van der Waals surface area (Å²) in [7, 11) is 0. The molecule has 22 heavy (non-hydrogen) atoms. The minimum atomic E-state index is -0.358. The summed E-state index contributed by atoms with van der Waals surface area (Å²) in [5.41, 5.74) is 9.06. The summed E-state index contributed by atoms with van der Waals surface area (Å²) in [4.78, 5) is 15.0. The zero-order chi connectivity index (χ0) is 15.1. The van der Waals surface area contributed by atoms with Crippen LogP contribution in [0.25, 0.3) is 5.57 Å². The van der Waals surface area contributed by atoms with Crippen LogP contribution in [-0.2, 0) is 6.42 Å². The van der Waals surface area contributed by atoms with Crippen LogP contribution in [0.1, 0.15) is 22.2 Å². The molecule has 2 aromatic heterocycles. The number of aromatic nitrogens is 3. The van der Waals surface area contributed by atoms with Crippen LogP contribution in [0, 0.1) is 0 Å². The van der Waals surface area contributed by atoms with Crippen molar-refractivity contribution in [1.82, 2.24) is 19.9 Å². The molecule has 0 spiro atoms. The maximum absolute atomic E-state index is 10.3. The van der Waals surface area contributed by atoms with Gasteiger partial charge in [0.25, 0.3) is 0 Å². The molecule has 4 rings (SSSR count). The monoisotopic (exact) mass is 315 g/mol. The van der Waals surface area contributed by atoms with E-state index >= 15 is 0 Å². The van der Waals surface area contributed by atoms with Gasteiger partial charge in [-0.2, -0.15) is 0 Å². The van der Waals surface area contributed by atoms with Gasteiger partial charge in [-0.1, -0.05) is 6.08 Å². The van der Waals surface area contributed by atoms with E-state index in [0.29, 0.717) is 12.4 Å². The molecule has 0 amide bonds. The Morgan fingerprint density at radius 1 is 1.32 bits per heavy atom. The maximum Gasteiger partial charge on any atom is 0.130 e. The lowest BCUT2D eigenvalue weighted by Crippen LogP contribution is -2.24. The summed E-state index contributed by atoms with van der Waals surface area (Å²) in [6.07, 6.45) is 5.92. The van der Waals surface area contributed by atoms with Crippen molar-refractivity contribution in [3.8, 4) is 0 Å². The van der Waals surface area contributed by atoms with Crippen LogP contribution < -0.4 is 5.73 Å². The molecule has 3 heterocycles. The van der Waals surface area contributed by atoms with Crippen LogP contribution in [0.15, 0.2) is 24.0 Å². The van der Waals surface area contributed by atoms with E-state index in [1.165, 1.54) is 11.9 Å². The Balaban J connectivity index is 1.49. The number of fused-ring (bicyclic) bond motifs is 1. The van der Waals surface area contributed by atoms with Gasteiger partial charge in [0, 0.05) is 36.8 Å². The topological polar surface area (TPSA) is 88.2 Å². The number of hydrogen-bond donors (Lipinski definition) is 2. The highest BCUT2D eigenvalue weighted by Crippen LogP contribution is 2.33. The number of β-amino-alcohol motifs (C(OH)–C–C–N with tert-alkyl or cyclic N) is 1. The van der Waals surface area contributed by atoms with Gasteiger partial charge in [-0.15, -0.1) is 11.3 Å². The fourth-order valence-corrected chi connectivity index (χ4v) is 4.05. The van der Waals surface area contributed by atoms with Crippen LogP contribution in [0.5, 0.6) is 0 Å². The molecule has 6 nitrogen and oxygen atoms in total. The predicted octanol–water partition coefficient (Wildman–Crippen LogP) is 0.915. The van der Waals surface area contributed by atoms with Crippen molar-refractivity contribution in [3.05, 3.63) is 40.2 Å². The average Bonchev–Trinajstić information content (AvgIpc) is 3.20. The number of aliphatic hydroxyl groups is 1. The molecule has 7 heteroatoms. The Kier molecular flexibility index (Phi) is 3.40. The molecule has 1 saturated heterocycles. The van der Waals surface area contributed by atoms with Crippen molar-refractivity contribution in [2.45, 2.75) is 18.4 Å². The van der Waals surface area contributed by atoms with E-state index in [1.54, 1.807) is 17.5 Å². The molecular weight excluding hydrogens is 298 g/mol. The largest absolute Gasteiger partial charge is 0.391 e. The second kappa shape index (κ2) is 5.42. The molecule has 2 atom stereocenters. The number of nitrogen functional groups attached to an aromatic ring is 1. The predicted molar refractivity (Wildman–Crippen MR) is 85.4 cm³/mol. The lowest BCUT2D eigenvalue weighted by Gasteiger charge is -2.16. The number of allylic oxidation sites excluding steroid dienone is 1. The highest BCUT2D eigenvalue weighted by atomic mass is 32.1. The normalized spacial score (nSPS) is 24.5. The molecule has 1 fully saturated rings. The summed E-state index contributed by atoms with van der Waals surface area (Å²) in [5.74, 6) is 0.676. The van der Waals surface area contributed by atoms with E-state index in [0.717, 1.165) is 35.8 Å². The quantitative estimate of drug-likeness (QED) is 0.875. The third kappa shape index (κ3) is 2.31. The Morgan fingerprint density at radius 3 is 3.05 bits per heavy atom. The number of hydrogen-bond acceptors (Lipinski definition) is 7. The molecule has 0 radical (unpaired) electrons. The number of nitrogens with zero attached hydrogens (tertiary/aromatic N) is 4. The Hall–Kier alpha value is -1.83. The first-order chi connectivity index (χ1) is 10.7. The number of nitrogens with two attached hydrogens (primary N) is 1. The van der Waals surface area contributed by atoms with E-state index < -0.39 is 0 Å². The maximum atomic E-state index is 10.3. The fraction of sp³-hybridized carbons (Fsp3) is 0.400. The van der Waals surface area contributed by atoms with Crippen molar-refractivity contribution < 1.29 is 5.11 Å². The molecular formula is C15H17N5OS. The minimum absolute atomic E-state index is 0.108.